The monoisotopic (exact) mass is 379 g/mol. The fourth-order valence-corrected chi connectivity index (χ4v) is 5.51. The van der Waals surface area contributed by atoms with E-state index < -0.39 is 16.1 Å². The van der Waals surface area contributed by atoms with Crippen molar-refractivity contribution in [1.82, 2.24) is 4.31 Å². The summed E-state index contributed by atoms with van der Waals surface area (Å²) in [6.45, 7) is 16.3. The van der Waals surface area contributed by atoms with Crippen LogP contribution in [-0.2, 0) is 14.8 Å². The Morgan fingerprint density at radius 2 is 1.38 bits per heavy atom. The van der Waals surface area contributed by atoms with E-state index in [1.54, 1.807) is 0 Å². The van der Waals surface area contributed by atoms with Crippen molar-refractivity contribution in [3.8, 4) is 0 Å². The van der Waals surface area contributed by atoms with Crippen LogP contribution in [0.1, 0.15) is 89.8 Å². The predicted molar refractivity (Wildman–Crippen MR) is 106 cm³/mol. The van der Waals surface area contributed by atoms with Gasteiger partial charge in [0, 0.05) is 12.5 Å². The molecule has 0 radical (unpaired) electrons. The maximum atomic E-state index is 13.4. The molecule has 1 aliphatic heterocycles. The number of rotatable bonds is 7. The molecule has 0 aliphatic carbocycles. The Hall–Kier alpha value is -1.20. The highest BCUT2D eigenvalue weighted by Crippen LogP contribution is 2.40. The third kappa shape index (κ3) is 3.89. The highest BCUT2D eigenvalue weighted by Gasteiger charge is 2.50. The van der Waals surface area contributed by atoms with Crippen molar-refractivity contribution < 1.29 is 13.2 Å². The summed E-state index contributed by atoms with van der Waals surface area (Å²) in [5.74, 6) is 0.367. The van der Waals surface area contributed by atoms with Gasteiger partial charge < -0.3 is 0 Å². The topological polar surface area (TPSA) is 54.2 Å². The minimum atomic E-state index is -3.67. The number of Topliss-reactive ketones (excluding diaryl/α,β-unsaturated/α-hetero) is 1. The summed E-state index contributed by atoms with van der Waals surface area (Å²) in [5.41, 5.74) is 2.89. The molecule has 26 heavy (non-hydrogen) atoms. The Labute approximate surface area is 159 Å². The summed E-state index contributed by atoms with van der Waals surface area (Å²) in [7, 11) is -3.67. The van der Waals surface area contributed by atoms with E-state index in [9.17, 15) is 13.2 Å². The summed E-state index contributed by atoms with van der Waals surface area (Å²) in [6.07, 6.45) is 0. The zero-order chi connectivity index (χ0) is 20.0. The van der Waals surface area contributed by atoms with Crippen molar-refractivity contribution in [3.05, 3.63) is 28.8 Å². The fraction of sp³-hybridized carbons (Fsp3) is 0.667. The van der Waals surface area contributed by atoms with Gasteiger partial charge in [-0.15, -0.1) is 0 Å². The Balaban J connectivity index is 2.62. The largest absolute Gasteiger partial charge is 0.298 e. The normalized spacial score (nSPS) is 20.5. The summed E-state index contributed by atoms with van der Waals surface area (Å²) < 4.78 is 28.2. The van der Waals surface area contributed by atoms with E-state index in [0.717, 1.165) is 16.7 Å². The minimum Gasteiger partial charge on any atom is -0.298 e. The molecule has 146 valence electrons. The fourth-order valence-electron chi connectivity index (χ4n) is 3.31. The molecule has 1 heterocycles. The van der Waals surface area contributed by atoms with Gasteiger partial charge in [-0.05, 0) is 34.4 Å². The number of ketones is 1. The number of carbonyl (C=O) groups excluding carboxylic acids is 1. The van der Waals surface area contributed by atoms with Crippen LogP contribution >= 0.6 is 0 Å². The zero-order valence-corrected chi connectivity index (χ0v) is 18.1. The molecule has 0 saturated carbocycles. The van der Waals surface area contributed by atoms with E-state index in [1.165, 1.54) is 4.31 Å². The number of hydrogen-bond donors (Lipinski definition) is 0. The molecule has 2 atom stereocenters. The first-order valence-corrected chi connectivity index (χ1v) is 11.1. The van der Waals surface area contributed by atoms with Crippen molar-refractivity contribution >= 4 is 15.8 Å². The third-order valence-corrected chi connectivity index (χ3v) is 7.12. The van der Waals surface area contributed by atoms with E-state index in [-0.39, 0.29) is 23.5 Å². The average molecular weight is 380 g/mol. The van der Waals surface area contributed by atoms with Gasteiger partial charge in [0.15, 0.2) is 5.78 Å². The van der Waals surface area contributed by atoms with Gasteiger partial charge in [-0.3, -0.25) is 4.79 Å². The molecular weight excluding hydrogens is 346 g/mol. The number of carbonyl (C=O) groups is 1. The van der Waals surface area contributed by atoms with Crippen LogP contribution in [0.4, 0.5) is 0 Å². The number of nitrogens with zero attached hydrogens (tertiary/aromatic N) is 1. The third-order valence-electron chi connectivity index (χ3n) is 5.11. The number of benzene rings is 1. The predicted octanol–water partition coefficient (Wildman–Crippen LogP) is 4.65. The van der Waals surface area contributed by atoms with E-state index in [4.69, 9.17) is 0 Å². The summed E-state index contributed by atoms with van der Waals surface area (Å²) >= 11 is 0. The molecule has 1 aromatic carbocycles. The molecule has 0 aromatic heterocycles. The molecule has 0 N–H and O–H groups in total. The van der Waals surface area contributed by atoms with Crippen molar-refractivity contribution in [1.29, 1.82) is 0 Å². The van der Waals surface area contributed by atoms with Crippen molar-refractivity contribution in [2.24, 2.45) is 5.92 Å². The molecule has 5 heteroatoms. The summed E-state index contributed by atoms with van der Waals surface area (Å²) in [4.78, 5) is 12.7. The Morgan fingerprint density at radius 1 is 0.923 bits per heavy atom. The zero-order valence-electron chi connectivity index (χ0n) is 17.3. The van der Waals surface area contributed by atoms with Crippen LogP contribution in [0.3, 0.4) is 0 Å². The Bertz CT molecular complexity index is 762. The number of sulfonamides is 1. The second kappa shape index (κ2) is 7.43. The molecule has 1 saturated heterocycles. The van der Waals surface area contributed by atoms with Crippen LogP contribution < -0.4 is 0 Å². The Kier molecular flexibility index (Phi) is 6.03. The molecule has 0 bridgehead atoms. The van der Waals surface area contributed by atoms with Crippen molar-refractivity contribution in [2.45, 2.75) is 84.1 Å². The number of hydrogen-bond acceptors (Lipinski definition) is 3. The molecule has 1 fully saturated rings. The SMILES string of the molecule is CC(C)C(=O)C1CN1S(=O)(=O)c1c(C(C)C)cc(C(C)C)cc1C(C)C. The first-order chi connectivity index (χ1) is 11.9. The average Bonchev–Trinajstić information content (AvgIpc) is 3.33. The van der Waals surface area contributed by atoms with Crippen LogP contribution in [0, 0.1) is 5.92 Å². The molecule has 1 aliphatic rings. The van der Waals surface area contributed by atoms with Crippen LogP contribution in [0.2, 0.25) is 0 Å². The van der Waals surface area contributed by atoms with Crippen LogP contribution in [0.5, 0.6) is 0 Å². The smallest absolute Gasteiger partial charge is 0.244 e. The minimum absolute atomic E-state index is 0.00423. The van der Waals surface area contributed by atoms with Gasteiger partial charge in [-0.2, -0.15) is 4.31 Å². The second-order valence-electron chi connectivity index (χ2n) is 8.64. The standard InChI is InChI=1S/C21H33NO3S/c1-12(2)16-9-17(13(3)4)21(18(10-16)14(5)6)26(24,25)22-11-19(22)20(23)15(7)8/h9-10,12-15,19H,11H2,1-8H3. The maximum absolute atomic E-state index is 13.4. The second-order valence-corrected chi connectivity index (χ2v) is 10.5. The summed E-state index contributed by atoms with van der Waals surface area (Å²) in [5, 5.41) is 0. The molecule has 0 amide bonds. The van der Waals surface area contributed by atoms with Crippen molar-refractivity contribution in [2.75, 3.05) is 6.54 Å². The van der Waals surface area contributed by atoms with E-state index >= 15 is 0 Å². The van der Waals surface area contributed by atoms with Gasteiger partial charge >= 0.3 is 0 Å². The van der Waals surface area contributed by atoms with Gasteiger partial charge in [-0.1, -0.05) is 67.5 Å². The summed E-state index contributed by atoms with van der Waals surface area (Å²) in [6, 6.07) is 3.58. The molecule has 0 spiro atoms. The highest BCUT2D eigenvalue weighted by molar-refractivity contribution is 7.89. The lowest BCUT2D eigenvalue weighted by Gasteiger charge is -2.23. The maximum Gasteiger partial charge on any atom is 0.244 e. The molecule has 4 nitrogen and oxygen atoms in total. The lowest BCUT2D eigenvalue weighted by molar-refractivity contribution is -0.121. The van der Waals surface area contributed by atoms with Gasteiger partial charge in [0.25, 0.3) is 0 Å². The molecule has 2 rings (SSSR count). The molecule has 2 unspecified atom stereocenters. The Morgan fingerprint density at radius 3 is 1.73 bits per heavy atom. The molecule has 1 aromatic rings. The van der Waals surface area contributed by atoms with E-state index in [1.807, 2.05) is 53.7 Å². The van der Waals surface area contributed by atoms with Crippen LogP contribution in [0.25, 0.3) is 0 Å². The van der Waals surface area contributed by atoms with Gasteiger partial charge in [0.1, 0.15) is 0 Å². The van der Waals surface area contributed by atoms with E-state index in [0.29, 0.717) is 17.4 Å². The highest BCUT2D eigenvalue weighted by atomic mass is 32.2. The first kappa shape index (κ1) is 21.1. The first-order valence-electron chi connectivity index (χ1n) is 9.62. The van der Waals surface area contributed by atoms with Crippen LogP contribution in [-0.4, -0.2) is 31.1 Å². The van der Waals surface area contributed by atoms with Crippen LogP contribution in [0.15, 0.2) is 17.0 Å². The van der Waals surface area contributed by atoms with Gasteiger partial charge in [-0.25, -0.2) is 8.42 Å². The quantitative estimate of drug-likeness (QED) is 0.648. The molecular formula is C21H33NO3S. The van der Waals surface area contributed by atoms with Crippen molar-refractivity contribution in [3.63, 3.8) is 0 Å². The van der Waals surface area contributed by atoms with Gasteiger partial charge in [0.05, 0.1) is 10.9 Å². The lowest BCUT2D eigenvalue weighted by atomic mass is 9.89. The van der Waals surface area contributed by atoms with Gasteiger partial charge in [0.2, 0.25) is 10.0 Å². The van der Waals surface area contributed by atoms with E-state index in [2.05, 4.69) is 13.8 Å². The lowest BCUT2D eigenvalue weighted by Crippen LogP contribution is -2.24.